The second kappa shape index (κ2) is 5.97. The van der Waals surface area contributed by atoms with Crippen LogP contribution in [0.5, 0.6) is 0 Å². The fraction of sp³-hybridized carbons (Fsp3) is 0.222. The maximum atomic E-state index is 12.3. The van der Waals surface area contributed by atoms with Crippen molar-refractivity contribution in [1.82, 2.24) is 9.55 Å². The zero-order chi connectivity index (χ0) is 15.7. The molecule has 112 valence electrons. The van der Waals surface area contributed by atoms with Crippen LogP contribution in [-0.4, -0.2) is 21.1 Å². The number of ketones is 1. The largest absolute Gasteiger partial charge is 0.322 e. The van der Waals surface area contributed by atoms with Crippen molar-refractivity contribution >= 4 is 28.6 Å². The van der Waals surface area contributed by atoms with Crippen LogP contribution in [-0.2, 0) is 7.05 Å². The fourth-order valence-electron chi connectivity index (χ4n) is 2.37. The molecule has 0 N–H and O–H groups in total. The van der Waals surface area contributed by atoms with Crippen molar-refractivity contribution in [3.8, 4) is 0 Å². The summed E-state index contributed by atoms with van der Waals surface area (Å²) in [6, 6.07) is 13.9. The lowest BCUT2D eigenvalue weighted by Gasteiger charge is -2.03. The van der Waals surface area contributed by atoms with E-state index in [0.29, 0.717) is 5.75 Å². The van der Waals surface area contributed by atoms with Crippen molar-refractivity contribution in [2.75, 3.05) is 5.75 Å². The lowest BCUT2D eigenvalue weighted by Crippen LogP contribution is -2.03. The van der Waals surface area contributed by atoms with Gasteiger partial charge in [-0.05, 0) is 31.5 Å². The average molecular weight is 310 g/mol. The lowest BCUT2D eigenvalue weighted by molar-refractivity contribution is 0.102. The van der Waals surface area contributed by atoms with Crippen LogP contribution in [0.2, 0.25) is 0 Å². The van der Waals surface area contributed by atoms with Crippen LogP contribution < -0.4 is 0 Å². The molecule has 3 nitrogen and oxygen atoms in total. The topological polar surface area (TPSA) is 34.9 Å². The van der Waals surface area contributed by atoms with Crippen LogP contribution in [0.1, 0.15) is 21.5 Å². The maximum Gasteiger partial charge on any atom is 0.173 e. The molecule has 0 aliphatic carbocycles. The van der Waals surface area contributed by atoms with Crippen LogP contribution in [0.25, 0.3) is 11.0 Å². The minimum atomic E-state index is 0.133. The highest BCUT2D eigenvalue weighted by Crippen LogP contribution is 2.24. The molecule has 4 heteroatoms. The summed E-state index contributed by atoms with van der Waals surface area (Å²) in [7, 11) is 1.99. The summed E-state index contributed by atoms with van der Waals surface area (Å²) >= 11 is 1.49. The van der Waals surface area contributed by atoms with Gasteiger partial charge in [0.15, 0.2) is 10.9 Å². The van der Waals surface area contributed by atoms with Gasteiger partial charge < -0.3 is 4.57 Å². The summed E-state index contributed by atoms with van der Waals surface area (Å²) in [5.74, 6) is 0.535. The number of aromatic nitrogens is 2. The van der Waals surface area contributed by atoms with Crippen molar-refractivity contribution in [3.05, 3.63) is 59.2 Å². The van der Waals surface area contributed by atoms with E-state index < -0.39 is 0 Å². The first-order valence-electron chi connectivity index (χ1n) is 7.20. The SMILES string of the molecule is Cc1ccc(C(=O)CSc2nc3cc(C)ccc3n2C)cc1. The molecule has 0 aliphatic rings. The van der Waals surface area contributed by atoms with Gasteiger partial charge in [-0.1, -0.05) is 47.7 Å². The summed E-state index contributed by atoms with van der Waals surface area (Å²) in [5, 5.41) is 0.876. The molecule has 3 aromatic rings. The van der Waals surface area contributed by atoms with Gasteiger partial charge in [0.2, 0.25) is 0 Å². The summed E-state index contributed by atoms with van der Waals surface area (Å²) in [5.41, 5.74) is 5.18. The molecule has 0 atom stereocenters. The molecule has 0 aliphatic heterocycles. The number of rotatable bonds is 4. The van der Waals surface area contributed by atoms with E-state index in [1.165, 1.54) is 17.3 Å². The highest BCUT2D eigenvalue weighted by molar-refractivity contribution is 7.99. The van der Waals surface area contributed by atoms with Crippen molar-refractivity contribution in [1.29, 1.82) is 0 Å². The van der Waals surface area contributed by atoms with Crippen LogP contribution in [0.4, 0.5) is 0 Å². The van der Waals surface area contributed by atoms with Gasteiger partial charge in [0, 0.05) is 12.6 Å². The van der Waals surface area contributed by atoms with Crippen molar-refractivity contribution in [3.63, 3.8) is 0 Å². The van der Waals surface area contributed by atoms with E-state index >= 15 is 0 Å². The van der Waals surface area contributed by atoms with E-state index in [1.54, 1.807) is 0 Å². The third-order valence-corrected chi connectivity index (χ3v) is 4.73. The van der Waals surface area contributed by atoms with Crippen molar-refractivity contribution < 1.29 is 4.79 Å². The molecule has 1 aromatic heterocycles. The van der Waals surface area contributed by atoms with Gasteiger partial charge in [-0.2, -0.15) is 0 Å². The first-order valence-corrected chi connectivity index (χ1v) is 8.19. The molecule has 0 unspecified atom stereocenters. The Kier molecular flexibility index (Phi) is 4.03. The number of carbonyl (C=O) groups is 1. The van der Waals surface area contributed by atoms with Gasteiger partial charge >= 0.3 is 0 Å². The average Bonchev–Trinajstić information content (AvgIpc) is 2.81. The van der Waals surface area contributed by atoms with E-state index in [-0.39, 0.29) is 5.78 Å². The van der Waals surface area contributed by atoms with Crippen LogP contribution in [0.3, 0.4) is 0 Å². The molecule has 22 heavy (non-hydrogen) atoms. The monoisotopic (exact) mass is 310 g/mol. The molecule has 0 saturated heterocycles. The molecule has 0 saturated carbocycles. The number of hydrogen-bond acceptors (Lipinski definition) is 3. The van der Waals surface area contributed by atoms with E-state index in [9.17, 15) is 4.79 Å². The van der Waals surface area contributed by atoms with Crippen LogP contribution in [0, 0.1) is 13.8 Å². The first kappa shape index (κ1) is 14.9. The maximum absolute atomic E-state index is 12.3. The number of benzene rings is 2. The molecular weight excluding hydrogens is 292 g/mol. The molecule has 0 radical (unpaired) electrons. The van der Waals surface area contributed by atoms with Gasteiger partial charge in [0.25, 0.3) is 0 Å². The Balaban J connectivity index is 1.77. The Morgan fingerprint density at radius 1 is 1.09 bits per heavy atom. The van der Waals surface area contributed by atoms with Crippen molar-refractivity contribution in [2.24, 2.45) is 7.05 Å². The fourth-order valence-corrected chi connectivity index (χ4v) is 3.25. The zero-order valence-electron chi connectivity index (χ0n) is 13.0. The summed E-state index contributed by atoms with van der Waals surface area (Å²) in [4.78, 5) is 16.9. The van der Waals surface area contributed by atoms with Gasteiger partial charge in [-0.25, -0.2) is 4.98 Å². The highest BCUT2D eigenvalue weighted by Gasteiger charge is 2.12. The number of hydrogen-bond donors (Lipinski definition) is 0. The number of aryl methyl sites for hydroxylation is 3. The Morgan fingerprint density at radius 2 is 1.77 bits per heavy atom. The quantitative estimate of drug-likeness (QED) is 0.536. The molecule has 3 rings (SSSR count). The van der Waals surface area contributed by atoms with Gasteiger partial charge in [0.05, 0.1) is 16.8 Å². The van der Waals surface area contributed by atoms with E-state index in [1.807, 2.05) is 42.8 Å². The number of carbonyl (C=O) groups excluding carboxylic acids is 1. The van der Waals surface area contributed by atoms with Crippen LogP contribution in [0.15, 0.2) is 47.6 Å². The number of thioether (sulfide) groups is 1. The van der Waals surface area contributed by atoms with E-state index in [0.717, 1.165) is 27.3 Å². The Bertz CT molecular complexity index is 834. The van der Waals surface area contributed by atoms with E-state index in [2.05, 4.69) is 30.1 Å². The highest BCUT2D eigenvalue weighted by atomic mass is 32.2. The summed E-state index contributed by atoms with van der Waals surface area (Å²) in [6.45, 7) is 4.08. The summed E-state index contributed by atoms with van der Waals surface area (Å²) in [6.07, 6.45) is 0. The van der Waals surface area contributed by atoms with Crippen molar-refractivity contribution in [2.45, 2.75) is 19.0 Å². The Morgan fingerprint density at radius 3 is 2.50 bits per heavy atom. The van der Waals surface area contributed by atoms with Gasteiger partial charge in [-0.3, -0.25) is 4.79 Å². The lowest BCUT2D eigenvalue weighted by atomic mass is 10.1. The Hall–Kier alpha value is -2.07. The third-order valence-electron chi connectivity index (χ3n) is 3.70. The molecule has 0 amide bonds. The predicted molar refractivity (Wildman–Crippen MR) is 91.7 cm³/mol. The minimum absolute atomic E-state index is 0.133. The predicted octanol–water partition coefficient (Wildman–Crippen LogP) is 4.17. The minimum Gasteiger partial charge on any atom is -0.322 e. The number of nitrogens with zero attached hydrogens (tertiary/aromatic N) is 2. The summed E-state index contributed by atoms with van der Waals surface area (Å²) < 4.78 is 2.04. The van der Waals surface area contributed by atoms with Crippen LogP contribution >= 0.6 is 11.8 Å². The van der Waals surface area contributed by atoms with Gasteiger partial charge in [-0.15, -0.1) is 0 Å². The second-order valence-electron chi connectivity index (χ2n) is 5.52. The number of Topliss-reactive ketones (excluding diaryl/α,β-unsaturated/α-hetero) is 1. The molecule has 0 fully saturated rings. The smallest absolute Gasteiger partial charge is 0.173 e. The molecule has 1 heterocycles. The second-order valence-corrected chi connectivity index (χ2v) is 6.47. The number of fused-ring (bicyclic) bond motifs is 1. The third kappa shape index (κ3) is 2.92. The van der Waals surface area contributed by atoms with E-state index in [4.69, 9.17) is 0 Å². The molecule has 2 aromatic carbocycles. The number of imidazole rings is 1. The normalized spacial score (nSPS) is 11.0. The molecule has 0 spiro atoms. The standard InChI is InChI=1S/C18H18N2OS/c1-12-4-7-14(8-5-12)17(21)11-22-18-19-15-10-13(2)6-9-16(15)20(18)3/h4-10H,11H2,1-3H3. The Labute approximate surface area is 134 Å². The first-order chi connectivity index (χ1) is 10.5. The van der Waals surface area contributed by atoms with Gasteiger partial charge in [0.1, 0.15) is 0 Å². The zero-order valence-corrected chi connectivity index (χ0v) is 13.8. The molecular formula is C18H18N2OS. The molecule has 0 bridgehead atoms.